The number of methoxy groups -OCH3 is 2. The van der Waals surface area contributed by atoms with Crippen LogP contribution in [0.2, 0.25) is 0 Å². The summed E-state index contributed by atoms with van der Waals surface area (Å²) < 4.78 is 10.4. The van der Waals surface area contributed by atoms with Crippen LogP contribution >= 0.6 is 0 Å². The molecule has 2 aromatic carbocycles. The van der Waals surface area contributed by atoms with Crippen molar-refractivity contribution >= 4 is 23.2 Å². The predicted octanol–water partition coefficient (Wildman–Crippen LogP) is 3.56. The van der Waals surface area contributed by atoms with Crippen LogP contribution in [0.5, 0.6) is 5.75 Å². The van der Waals surface area contributed by atoms with E-state index in [0.29, 0.717) is 36.6 Å². The van der Waals surface area contributed by atoms with E-state index in [1.807, 2.05) is 24.3 Å². The fourth-order valence-electron chi connectivity index (χ4n) is 4.39. The van der Waals surface area contributed by atoms with Crippen molar-refractivity contribution in [3.05, 3.63) is 69.8 Å². The molecule has 0 spiro atoms. The Morgan fingerprint density at radius 2 is 1.81 bits per heavy atom. The van der Waals surface area contributed by atoms with E-state index in [2.05, 4.69) is 5.10 Å². The number of nitro benzene ring substituents is 1. The Labute approximate surface area is 209 Å². The number of benzene rings is 2. The molecule has 0 aromatic heterocycles. The third-order valence-electron chi connectivity index (χ3n) is 6.74. The summed E-state index contributed by atoms with van der Waals surface area (Å²) in [7, 11) is 3.15. The van der Waals surface area contributed by atoms with Gasteiger partial charge in [0, 0.05) is 38.1 Å². The maximum absolute atomic E-state index is 13.5. The molecule has 10 nitrogen and oxygen atoms in total. The molecule has 10 heteroatoms. The van der Waals surface area contributed by atoms with Crippen LogP contribution in [0.25, 0.3) is 0 Å². The number of non-ortho nitro benzene ring substituents is 1. The smallest absolute Gasteiger partial charge is 0.269 e. The molecule has 0 saturated heterocycles. The SMILES string of the molecule is COCCN(CC(=O)N1N=C(c2ccc([N+](=O)[O-])cc2)C[C@@H]1c1ccc(OC)cc1)C(=O)C1CCC1. The molecule has 1 fully saturated rings. The van der Waals surface area contributed by atoms with Crippen molar-refractivity contribution in [2.45, 2.75) is 31.7 Å². The van der Waals surface area contributed by atoms with E-state index < -0.39 is 4.92 Å². The molecule has 1 heterocycles. The standard InChI is InChI=1S/C26H30N4O6/c1-35-15-14-28(26(32)20-4-3-5-20)17-25(31)29-24(19-8-12-22(36-2)13-9-19)16-23(27-29)18-6-10-21(11-7-18)30(33)34/h6-13,20,24H,3-5,14-17H2,1-2H3/t24-/m1/s1. The highest BCUT2D eigenvalue weighted by molar-refractivity contribution is 6.03. The number of rotatable bonds is 10. The van der Waals surface area contributed by atoms with Crippen molar-refractivity contribution in [1.29, 1.82) is 0 Å². The predicted molar refractivity (Wildman–Crippen MR) is 133 cm³/mol. The quantitative estimate of drug-likeness (QED) is 0.369. The summed E-state index contributed by atoms with van der Waals surface area (Å²) >= 11 is 0. The number of nitro groups is 1. The van der Waals surface area contributed by atoms with Crippen LogP contribution in [-0.2, 0) is 14.3 Å². The number of nitrogens with zero attached hydrogens (tertiary/aromatic N) is 4. The number of hydrogen-bond donors (Lipinski definition) is 0. The van der Waals surface area contributed by atoms with Gasteiger partial charge in [-0.15, -0.1) is 0 Å². The molecule has 190 valence electrons. The van der Waals surface area contributed by atoms with Crippen LogP contribution in [0.1, 0.15) is 42.9 Å². The van der Waals surface area contributed by atoms with Crippen molar-refractivity contribution in [3.8, 4) is 5.75 Å². The largest absolute Gasteiger partial charge is 0.497 e. The first-order valence-electron chi connectivity index (χ1n) is 12.0. The lowest BCUT2D eigenvalue weighted by Gasteiger charge is -2.32. The van der Waals surface area contributed by atoms with Crippen molar-refractivity contribution in [2.75, 3.05) is 33.9 Å². The van der Waals surface area contributed by atoms with E-state index in [-0.39, 0.29) is 36.0 Å². The molecule has 2 amide bonds. The Hall–Kier alpha value is -3.79. The Bertz CT molecular complexity index is 1130. The first-order chi connectivity index (χ1) is 17.4. The van der Waals surface area contributed by atoms with Crippen molar-refractivity contribution in [3.63, 3.8) is 0 Å². The van der Waals surface area contributed by atoms with Crippen LogP contribution in [0, 0.1) is 16.0 Å². The van der Waals surface area contributed by atoms with Gasteiger partial charge in [-0.05, 0) is 48.2 Å². The fraction of sp³-hybridized carbons (Fsp3) is 0.423. The molecule has 0 N–H and O–H groups in total. The zero-order valence-corrected chi connectivity index (χ0v) is 20.5. The Morgan fingerprint density at radius 1 is 1.11 bits per heavy atom. The summed E-state index contributed by atoms with van der Waals surface area (Å²) in [6.45, 7) is 0.574. The minimum atomic E-state index is -0.454. The summed E-state index contributed by atoms with van der Waals surface area (Å²) in [4.78, 5) is 38.7. The van der Waals surface area contributed by atoms with Gasteiger partial charge in [0.1, 0.15) is 12.3 Å². The lowest BCUT2D eigenvalue weighted by atomic mass is 9.84. The van der Waals surface area contributed by atoms with E-state index in [0.717, 1.165) is 24.8 Å². The van der Waals surface area contributed by atoms with Crippen molar-refractivity contribution in [1.82, 2.24) is 9.91 Å². The summed E-state index contributed by atoms with van der Waals surface area (Å²) in [5.74, 6) is 0.343. The minimum absolute atomic E-state index is 0.0136. The van der Waals surface area contributed by atoms with E-state index in [4.69, 9.17) is 9.47 Å². The molecule has 1 atom stereocenters. The van der Waals surface area contributed by atoms with Gasteiger partial charge in [-0.2, -0.15) is 5.10 Å². The van der Waals surface area contributed by atoms with Gasteiger partial charge in [-0.25, -0.2) is 5.01 Å². The number of carbonyl (C=O) groups is 2. The normalized spacial score (nSPS) is 17.3. The molecule has 1 aliphatic heterocycles. The number of hydrazone groups is 1. The molecule has 36 heavy (non-hydrogen) atoms. The van der Waals surface area contributed by atoms with Crippen molar-refractivity contribution < 1.29 is 24.0 Å². The zero-order chi connectivity index (χ0) is 25.7. The van der Waals surface area contributed by atoms with Gasteiger partial charge in [0.25, 0.3) is 11.6 Å². The Kier molecular flexibility index (Phi) is 7.94. The van der Waals surface area contributed by atoms with Gasteiger partial charge >= 0.3 is 0 Å². The number of ether oxygens (including phenoxy) is 2. The van der Waals surface area contributed by atoms with E-state index in [1.54, 1.807) is 31.3 Å². The van der Waals surface area contributed by atoms with Gasteiger partial charge in [0.15, 0.2) is 0 Å². The van der Waals surface area contributed by atoms with Gasteiger partial charge in [-0.1, -0.05) is 18.6 Å². The number of carbonyl (C=O) groups excluding carboxylic acids is 2. The Morgan fingerprint density at radius 3 is 2.36 bits per heavy atom. The highest BCUT2D eigenvalue weighted by Gasteiger charge is 2.36. The van der Waals surface area contributed by atoms with Crippen LogP contribution < -0.4 is 4.74 Å². The first-order valence-corrected chi connectivity index (χ1v) is 12.0. The van der Waals surface area contributed by atoms with Crippen molar-refractivity contribution in [2.24, 2.45) is 11.0 Å². The number of hydrogen-bond acceptors (Lipinski definition) is 7. The summed E-state index contributed by atoms with van der Waals surface area (Å²) in [5.41, 5.74) is 2.21. The maximum Gasteiger partial charge on any atom is 0.269 e. The second-order valence-electron chi connectivity index (χ2n) is 8.96. The van der Waals surface area contributed by atoms with Crippen LogP contribution in [0.15, 0.2) is 53.6 Å². The molecule has 1 aliphatic carbocycles. The molecule has 2 aromatic rings. The van der Waals surface area contributed by atoms with Crippen LogP contribution in [0.4, 0.5) is 5.69 Å². The fourth-order valence-corrected chi connectivity index (χ4v) is 4.39. The van der Waals surface area contributed by atoms with Gasteiger partial charge < -0.3 is 14.4 Å². The average molecular weight is 495 g/mol. The van der Waals surface area contributed by atoms with E-state index >= 15 is 0 Å². The third kappa shape index (κ3) is 5.54. The molecule has 2 aliphatic rings. The molecular formula is C26H30N4O6. The number of amides is 2. The van der Waals surface area contributed by atoms with E-state index in [1.165, 1.54) is 17.1 Å². The first kappa shape index (κ1) is 25.3. The highest BCUT2D eigenvalue weighted by atomic mass is 16.6. The summed E-state index contributed by atoms with van der Waals surface area (Å²) in [6.07, 6.45) is 3.15. The lowest BCUT2D eigenvalue weighted by molar-refractivity contribution is -0.384. The summed E-state index contributed by atoms with van der Waals surface area (Å²) in [6, 6.07) is 13.2. The lowest BCUT2D eigenvalue weighted by Crippen LogP contribution is -2.46. The maximum atomic E-state index is 13.5. The topological polar surface area (TPSA) is 115 Å². The minimum Gasteiger partial charge on any atom is -0.497 e. The van der Waals surface area contributed by atoms with Gasteiger partial charge in [0.05, 0.1) is 30.4 Å². The highest BCUT2D eigenvalue weighted by Crippen LogP contribution is 2.34. The second-order valence-corrected chi connectivity index (χ2v) is 8.96. The molecule has 0 unspecified atom stereocenters. The Balaban J connectivity index is 1.60. The monoisotopic (exact) mass is 494 g/mol. The molecule has 1 saturated carbocycles. The molecule has 0 radical (unpaired) electrons. The second kappa shape index (κ2) is 11.3. The van der Waals surface area contributed by atoms with E-state index in [9.17, 15) is 19.7 Å². The molecule has 4 rings (SSSR count). The van der Waals surface area contributed by atoms with Crippen LogP contribution in [-0.4, -0.2) is 66.3 Å². The van der Waals surface area contributed by atoms with Crippen LogP contribution in [0.3, 0.4) is 0 Å². The third-order valence-corrected chi connectivity index (χ3v) is 6.74. The van der Waals surface area contributed by atoms with Gasteiger partial charge in [0.2, 0.25) is 5.91 Å². The molecule has 0 bridgehead atoms. The molecular weight excluding hydrogens is 464 g/mol. The van der Waals surface area contributed by atoms with Gasteiger partial charge in [-0.3, -0.25) is 19.7 Å². The average Bonchev–Trinajstić information content (AvgIpc) is 3.31. The zero-order valence-electron chi connectivity index (χ0n) is 20.5. The summed E-state index contributed by atoms with van der Waals surface area (Å²) in [5, 5.41) is 17.1.